The average molecular weight is 220 g/mol. The minimum absolute atomic E-state index is 0.0128. The molecule has 0 bridgehead atoms. The van der Waals surface area contributed by atoms with E-state index in [-0.39, 0.29) is 25.9 Å². The first-order chi connectivity index (χ1) is 7.10. The average Bonchev–Trinajstić information content (AvgIpc) is 2.18. The number of carbonyl (C=O) groups excluding carboxylic acids is 1. The van der Waals surface area contributed by atoms with Crippen LogP contribution in [-0.4, -0.2) is 44.2 Å². The van der Waals surface area contributed by atoms with Crippen molar-refractivity contribution in [3.8, 4) is 0 Å². The Morgan fingerprint density at radius 2 is 1.80 bits per heavy atom. The smallest absolute Gasteiger partial charge is 0.305 e. The number of carboxylic acids is 1. The number of ether oxygens (including phenoxy) is 3. The molecule has 0 aliphatic carbocycles. The van der Waals surface area contributed by atoms with Gasteiger partial charge in [0.25, 0.3) is 0 Å². The molecule has 0 radical (unpaired) electrons. The predicted octanol–water partition coefficient (Wildman–Crippen LogP) is 0.403. The van der Waals surface area contributed by atoms with Crippen LogP contribution in [0.25, 0.3) is 0 Å². The number of hydrogen-bond donors (Lipinski definition) is 1. The molecule has 0 atom stereocenters. The van der Waals surface area contributed by atoms with E-state index in [0.717, 1.165) is 0 Å². The Bertz CT molecular complexity index is 199. The Hall–Kier alpha value is -1.14. The van der Waals surface area contributed by atoms with Gasteiger partial charge in [0.1, 0.15) is 6.61 Å². The van der Waals surface area contributed by atoms with E-state index in [9.17, 15) is 9.59 Å². The number of carbonyl (C=O) groups is 2. The molecule has 88 valence electrons. The molecule has 15 heavy (non-hydrogen) atoms. The standard InChI is InChI=1S/C9H16O6/c1-13-9(14-2)6-15-8(12)5-3-4-7(10)11/h9H,3-6H2,1-2H3,(H,10,11). The van der Waals surface area contributed by atoms with Gasteiger partial charge in [-0.3, -0.25) is 9.59 Å². The van der Waals surface area contributed by atoms with Gasteiger partial charge in [-0.2, -0.15) is 0 Å². The van der Waals surface area contributed by atoms with Crippen molar-refractivity contribution in [1.82, 2.24) is 0 Å². The molecule has 0 aromatic carbocycles. The first kappa shape index (κ1) is 13.9. The van der Waals surface area contributed by atoms with Crippen LogP contribution in [0.4, 0.5) is 0 Å². The number of aliphatic carboxylic acids is 1. The minimum Gasteiger partial charge on any atom is -0.481 e. The van der Waals surface area contributed by atoms with Crippen molar-refractivity contribution in [1.29, 1.82) is 0 Å². The van der Waals surface area contributed by atoms with Gasteiger partial charge in [-0.15, -0.1) is 0 Å². The largest absolute Gasteiger partial charge is 0.481 e. The number of hydrogen-bond acceptors (Lipinski definition) is 5. The molecule has 0 saturated carbocycles. The predicted molar refractivity (Wildman–Crippen MR) is 50.3 cm³/mol. The second kappa shape index (κ2) is 8.19. The summed E-state index contributed by atoms with van der Waals surface area (Å²) in [5.41, 5.74) is 0. The lowest BCUT2D eigenvalue weighted by atomic mass is 10.2. The number of rotatable bonds is 8. The van der Waals surface area contributed by atoms with Crippen molar-refractivity contribution in [3.63, 3.8) is 0 Å². The summed E-state index contributed by atoms with van der Waals surface area (Å²) in [6.45, 7) is 0.0128. The van der Waals surface area contributed by atoms with Gasteiger partial charge in [0.05, 0.1) is 0 Å². The van der Waals surface area contributed by atoms with Gasteiger partial charge in [-0.05, 0) is 6.42 Å². The van der Waals surface area contributed by atoms with E-state index in [4.69, 9.17) is 19.3 Å². The normalized spacial score (nSPS) is 10.3. The molecule has 1 N–H and O–H groups in total. The van der Waals surface area contributed by atoms with Gasteiger partial charge in [0.2, 0.25) is 0 Å². The van der Waals surface area contributed by atoms with E-state index in [1.807, 2.05) is 0 Å². The Morgan fingerprint density at radius 3 is 2.27 bits per heavy atom. The first-order valence-corrected chi connectivity index (χ1v) is 4.53. The SMILES string of the molecule is COC(COC(=O)CCCC(=O)O)OC. The Kier molecular flexibility index (Phi) is 7.57. The fraction of sp³-hybridized carbons (Fsp3) is 0.778. The third-order valence-corrected chi connectivity index (χ3v) is 1.68. The monoisotopic (exact) mass is 220 g/mol. The summed E-state index contributed by atoms with van der Waals surface area (Å²) in [6.07, 6.45) is -0.244. The van der Waals surface area contributed by atoms with E-state index in [1.165, 1.54) is 14.2 Å². The van der Waals surface area contributed by atoms with Crippen LogP contribution in [0, 0.1) is 0 Å². The first-order valence-electron chi connectivity index (χ1n) is 4.53. The zero-order chi connectivity index (χ0) is 11.7. The highest BCUT2D eigenvalue weighted by molar-refractivity contribution is 5.71. The Balaban J connectivity index is 3.52. The number of esters is 1. The summed E-state index contributed by atoms with van der Waals surface area (Å²) in [4.78, 5) is 21.2. The maximum Gasteiger partial charge on any atom is 0.305 e. The summed E-state index contributed by atoms with van der Waals surface area (Å²) >= 11 is 0. The molecule has 0 saturated heterocycles. The summed E-state index contributed by atoms with van der Waals surface area (Å²) in [6, 6.07) is 0. The maximum atomic E-state index is 11.0. The zero-order valence-corrected chi connectivity index (χ0v) is 8.89. The summed E-state index contributed by atoms with van der Waals surface area (Å²) < 4.78 is 14.4. The van der Waals surface area contributed by atoms with Crippen LogP contribution in [0.3, 0.4) is 0 Å². The van der Waals surface area contributed by atoms with Crippen molar-refractivity contribution < 1.29 is 28.9 Å². The van der Waals surface area contributed by atoms with Crippen LogP contribution in [0.15, 0.2) is 0 Å². The third kappa shape index (κ3) is 7.90. The molecule has 6 heteroatoms. The van der Waals surface area contributed by atoms with Gasteiger partial charge < -0.3 is 19.3 Å². The van der Waals surface area contributed by atoms with E-state index in [1.54, 1.807) is 0 Å². The van der Waals surface area contributed by atoms with Gasteiger partial charge in [-0.25, -0.2) is 0 Å². The second-order valence-electron chi connectivity index (χ2n) is 2.83. The van der Waals surface area contributed by atoms with Crippen LogP contribution in [-0.2, 0) is 23.8 Å². The molecule has 0 spiro atoms. The molecule has 0 aromatic heterocycles. The molecule has 0 fully saturated rings. The van der Waals surface area contributed by atoms with Crippen molar-refractivity contribution in [2.24, 2.45) is 0 Å². The van der Waals surface area contributed by atoms with Gasteiger partial charge in [0.15, 0.2) is 6.29 Å². The van der Waals surface area contributed by atoms with Gasteiger partial charge in [0, 0.05) is 27.1 Å². The van der Waals surface area contributed by atoms with Crippen molar-refractivity contribution in [2.45, 2.75) is 25.6 Å². The fourth-order valence-corrected chi connectivity index (χ4v) is 0.849. The van der Waals surface area contributed by atoms with Crippen molar-refractivity contribution in [2.75, 3.05) is 20.8 Å². The Labute approximate surface area is 88.1 Å². The summed E-state index contributed by atoms with van der Waals surface area (Å²) in [7, 11) is 2.87. The molecule has 0 unspecified atom stereocenters. The lowest BCUT2D eigenvalue weighted by Crippen LogP contribution is -2.22. The second-order valence-corrected chi connectivity index (χ2v) is 2.83. The van der Waals surface area contributed by atoms with Crippen LogP contribution >= 0.6 is 0 Å². The zero-order valence-electron chi connectivity index (χ0n) is 8.89. The van der Waals surface area contributed by atoms with Crippen LogP contribution in [0.2, 0.25) is 0 Å². The number of carboxylic acid groups (broad SMARTS) is 1. The highest BCUT2D eigenvalue weighted by atomic mass is 16.7. The van der Waals surface area contributed by atoms with E-state index < -0.39 is 18.2 Å². The summed E-state index contributed by atoms with van der Waals surface area (Å²) in [5.74, 6) is -1.37. The highest BCUT2D eigenvalue weighted by Gasteiger charge is 2.10. The van der Waals surface area contributed by atoms with Crippen LogP contribution < -0.4 is 0 Å². The van der Waals surface area contributed by atoms with Crippen molar-refractivity contribution >= 4 is 11.9 Å². The van der Waals surface area contributed by atoms with E-state index >= 15 is 0 Å². The number of methoxy groups -OCH3 is 2. The summed E-state index contributed by atoms with van der Waals surface area (Å²) in [5, 5.41) is 8.33. The molecule has 0 aliphatic rings. The van der Waals surface area contributed by atoms with Crippen LogP contribution in [0.5, 0.6) is 0 Å². The quantitative estimate of drug-likeness (QED) is 0.471. The lowest BCUT2D eigenvalue weighted by Gasteiger charge is -2.13. The molecule has 6 nitrogen and oxygen atoms in total. The van der Waals surface area contributed by atoms with Gasteiger partial charge in [-0.1, -0.05) is 0 Å². The lowest BCUT2D eigenvalue weighted by molar-refractivity contribution is -0.166. The Morgan fingerprint density at radius 1 is 1.20 bits per heavy atom. The third-order valence-electron chi connectivity index (χ3n) is 1.68. The van der Waals surface area contributed by atoms with Crippen LogP contribution in [0.1, 0.15) is 19.3 Å². The highest BCUT2D eigenvalue weighted by Crippen LogP contribution is 1.99. The molecule has 0 heterocycles. The van der Waals surface area contributed by atoms with E-state index in [2.05, 4.69) is 0 Å². The topological polar surface area (TPSA) is 82.1 Å². The molecule has 0 aromatic rings. The maximum absolute atomic E-state index is 11.0. The van der Waals surface area contributed by atoms with E-state index in [0.29, 0.717) is 0 Å². The van der Waals surface area contributed by atoms with Gasteiger partial charge >= 0.3 is 11.9 Å². The fourth-order valence-electron chi connectivity index (χ4n) is 0.849. The van der Waals surface area contributed by atoms with Crippen molar-refractivity contribution in [3.05, 3.63) is 0 Å². The molecule has 0 amide bonds. The molecule has 0 rings (SSSR count). The molecular weight excluding hydrogens is 204 g/mol. The molecule has 0 aliphatic heterocycles. The minimum atomic E-state index is -0.922. The molecular formula is C9H16O6.